The average molecular weight is 252 g/mol. The summed E-state index contributed by atoms with van der Waals surface area (Å²) in [6.45, 7) is 4.94. The minimum absolute atomic E-state index is 0.0750. The minimum Gasteiger partial charge on any atom is -0.481 e. The molecule has 0 radical (unpaired) electrons. The third-order valence-corrected chi connectivity index (χ3v) is 5.18. The number of rotatable bonds is 2. The summed E-state index contributed by atoms with van der Waals surface area (Å²) in [7, 11) is 0. The molecule has 1 saturated carbocycles. The van der Waals surface area contributed by atoms with Crippen LogP contribution in [0.4, 0.5) is 0 Å². The molecule has 2 aliphatic heterocycles. The maximum absolute atomic E-state index is 11.0. The molecular weight excluding hydrogens is 228 g/mol. The van der Waals surface area contributed by atoms with E-state index in [0.29, 0.717) is 6.04 Å². The number of hydrogen-bond acceptors (Lipinski definition) is 3. The zero-order valence-corrected chi connectivity index (χ0v) is 11.1. The van der Waals surface area contributed by atoms with Crippen LogP contribution in [0.3, 0.4) is 0 Å². The van der Waals surface area contributed by atoms with E-state index in [2.05, 4.69) is 9.80 Å². The van der Waals surface area contributed by atoms with Gasteiger partial charge in [0, 0.05) is 31.7 Å². The Hall–Kier alpha value is -0.610. The summed E-state index contributed by atoms with van der Waals surface area (Å²) in [6, 6.07) is 1.44. The second-order valence-corrected chi connectivity index (χ2v) is 6.17. The van der Waals surface area contributed by atoms with Gasteiger partial charge in [-0.25, -0.2) is 0 Å². The van der Waals surface area contributed by atoms with E-state index in [1.165, 1.54) is 39.0 Å². The quantitative estimate of drug-likeness (QED) is 0.807. The Bertz CT molecular complexity index is 313. The SMILES string of the molecule is O=C(O)C1CCC(N2CCN3CCCC3C2)CC1. The standard InChI is InChI=1S/C14H24N2O2/c17-14(18)11-3-5-12(6-4-11)16-9-8-15-7-1-2-13(15)10-16/h11-13H,1-10H2,(H,17,18). The van der Waals surface area contributed by atoms with Gasteiger partial charge in [-0.3, -0.25) is 14.6 Å². The van der Waals surface area contributed by atoms with Gasteiger partial charge in [0.05, 0.1) is 5.92 Å². The van der Waals surface area contributed by atoms with Gasteiger partial charge in [-0.15, -0.1) is 0 Å². The molecule has 1 N–H and O–H groups in total. The van der Waals surface area contributed by atoms with Gasteiger partial charge in [-0.1, -0.05) is 0 Å². The summed E-state index contributed by atoms with van der Waals surface area (Å²) in [5.74, 6) is -0.664. The molecule has 1 aliphatic carbocycles. The molecule has 1 atom stereocenters. The van der Waals surface area contributed by atoms with Gasteiger partial charge in [0.15, 0.2) is 0 Å². The number of nitrogens with zero attached hydrogens (tertiary/aromatic N) is 2. The van der Waals surface area contributed by atoms with Crippen LogP contribution in [0.1, 0.15) is 38.5 Å². The molecular formula is C14H24N2O2. The molecule has 102 valence electrons. The van der Waals surface area contributed by atoms with Crippen molar-refractivity contribution < 1.29 is 9.90 Å². The van der Waals surface area contributed by atoms with Crippen molar-refractivity contribution in [2.24, 2.45) is 5.92 Å². The highest BCUT2D eigenvalue weighted by Gasteiger charge is 2.35. The zero-order chi connectivity index (χ0) is 12.5. The molecule has 0 amide bonds. The lowest BCUT2D eigenvalue weighted by Crippen LogP contribution is -2.54. The molecule has 0 aromatic rings. The molecule has 0 bridgehead atoms. The van der Waals surface area contributed by atoms with Crippen molar-refractivity contribution in [2.75, 3.05) is 26.2 Å². The van der Waals surface area contributed by atoms with Gasteiger partial charge >= 0.3 is 5.97 Å². The Balaban J connectivity index is 1.52. The summed E-state index contributed by atoms with van der Waals surface area (Å²) < 4.78 is 0. The first-order valence-electron chi connectivity index (χ1n) is 7.45. The average Bonchev–Trinajstić information content (AvgIpc) is 2.86. The number of piperazine rings is 1. The smallest absolute Gasteiger partial charge is 0.306 e. The van der Waals surface area contributed by atoms with Gasteiger partial charge in [-0.2, -0.15) is 0 Å². The fourth-order valence-corrected chi connectivity index (χ4v) is 4.03. The van der Waals surface area contributed by atoms with Crippen LogP contribution < -0.4 is 0 Å². The van der Waals surface area contributed by atoms with E-state index in [4.69, 9.17) is 5.11 Å². The lowest BCUT2D eigenvalue weighted by molar-refractivity contribution is -0.143. The second kappa shape index (κ2) is 5.17. The molecule has 4 nitrogen and oxygen atoms in total. The summed E-state index contributed by atoms with van der Waals surface area (Å²) >= 11 is 0. The van der Waals surface area contributed by atoms with Crippen molar-refractivity contribution in [3.8, 4) is 0 Å². The number of hydrogen-bond donors (Lipinski definition) is 1. The molecule has 0 aromatic carbocycles. The lowest BCUT2D eigenvalue weighted by atomic mass is 9.85. The van der Waals surface area contributed by atoms with Crippen molar-refractivity contribution in [2.45, 2.75) is 50.6 Å². The van der Waals surface area contributed by atoms with E-state index in [1.807, 2.05) is 0 Å². The van der Waals surface area contributed by atoms with Crippen LogP contribution in [0.15, 0.2) is 0 Å². The molecule has 18 heavy (non-hydrogen) atoms. The predicted molar refractivity (Wildman–Crippen MR) is 69.5 cm³/mol. The van der Waals surface area contributed by atoms with Gasteiger partial charge in [-0.05, 0) is 45.1 Å². The van der Waals surface area contributed by atoms with Crippen LogP contribution in [0.2, 0.25) is 0 Å². The van der Waals surface area contributed by atoms with Crippen LogP contribution in [0.5, 0.6) is 0 Å². The number of carboxylic acids is 1. The molecule has 3 fully saturated rings. The number of carbonyl (C=O) groups is 1. The molecule has 0 aromatic heterocycles. The van der Waals surface area contributed by atoms with E-state index in [-0.39, 0.29) is 5.92 Å². The van der Waals surface area contributed by atoms with Crippen molar-refractivity contribution in [3.05, 3.63) is 0 Å². The minimum atomic E-state index is -0.589. The first kappa shape index (κ1) is 12.4. The number of carboxylic acid groups (broad SMARTS) is 1. The van der Waals surface area contributed by atoms with Crippen LogP contribution in [0, 0.1) is 5.92 Å². The Labute approximate surface area is 109 Å². The first-order valence-corrected chi connectivity index (χ1v) is 7.45. The second-order valence-electron chi connectivity index (χ2n) is 6.17. The molecule has 0 spiro atoms. The summed E-state index contributed by atoms with van der Waals surface area (Å²) in [5, 5.41) is 9.04. The van der Waals surface area contributed by atoms with E-state index < -0.39 is 5.97 Å². The zero-order valence-electron chi connectivity index (χ0n) is 11.1. The first-order chi connectivity index (χ1) is 8.74. The van der Waals surface area contributed by atoms with E-state index in [0.717, 1.165) is 31.7 Å². The van der Waals surface area contributed by atoms with Crippen LogP contribution in [-0.2, 0) is 4.79 Å². The van der Waals surface area contributed by atoms with Crippen molar-refractivity contribution >= 4 is 5.97 Å². The molecule has 1 unspecified atom stereocenters. The normalized spacial score (nSPS) is 38.6. The molecule has 4 heteroatoms. The third-order valence-electron chi connectivity index (χ3n) is 5.18. The summed E-state index contributed by atoms with van der Waals surface area (Å²) in [4.78, 5) is 16.2. The van der Waals surface area contributed by atoms with E-state index in [9.17, 15) is 4.79 Å². The predicted octanol–water partition coefficient (Wildman–Crippen LogP) is 1.41. The molecule has 3 rings (SSSR count). The third kappa shape index (κ3) is 2.41. The Morgan fingerprint density at radius 2 is 1.61 bits per heavy atom. The highest BCUT2D eigenvalue weighted by atomic mass is 16.4. The Morgan fingerprint density at radius 3 is 2.33 bits per heavy atom. The lowest BCUT2D eigenvalue weighted by Gasteiger charge is -2.43. The molecule has 2 heterocycles. The molecule has 2 saturated heterocycles. The van der Waals surface area contributed by atoms with Gasteiger partial charge < -0.3 is 5.11 Å². The van der Waals surface area contributed by atoms with Gasteiger partial charge in [0.25, 0.3) is 0 Å². The topological polar surface area (TPSA) is 43.8 Å². The van der Waals surface area contributed by atoms with Gasteiger partial charge in [0.1, 0.15) is 0 Å². The van der Waals surface area contributed by atoms with E-state index >= 15 is 0 Å². The Morgan fingerprint density at radius 1 is 0.889 bits per heavy atom. The fraction of sp³-hybridized carbons (Fsp3) is 0.929. The van der Waals surface area contributed by atoms with Crippen LogP contribution in [0.25, 0.3) is 0 Å². The largest absolute Gasteiger partial charge is 0.481 e. The maximum atomic E-state index is 11.0. The van der Waals surface area contributed by atoms with Crippen molar-refractivity contribution in [1.29, 1.82) is 0 Å². The van der Waals surface area contributed by atoms with Crippen LogP contribution in [-0.4, -0.2) is 59.1 Å². The highest BCUT2D eigenvalue weighted by Crippen LogP contribution is 2.30. The van der Waals surface area contributed by atoms with Gasteiger partial charge in [0.2, 0.25) is 0 Å². The Kier molecular flexibility index (Phi) is 3.57. The fourth-order valence-electron chi connectivity index (χ4n) is 4.03. The monoisotopic (exact) mass is 252 g/mol. The summed E-state index contributed by atoms with van der Waals surface area (Å²) in [6.07, 6.45) is 6.66. The van der Waals surface area contributed by atoms with Crippen LogP contribution >= 0.6 is 0 Å². The molecule has 3 aliphatic rings. The number of aliphatic carboxylic acids is 1. The highest BCUT2D eigenvalue weighted by molar-refractivity contribution is 5.70. The summed E-state index contributed by atoms with van der Waals surface area (Å²) in [5.41, 5.74) is 0. The van der Waals surface area contributed by atoms with E-state index in [1.54, 1.807) is 0 Å². The maximum Gasteiger partial charge on any atom is 0.306 e. The van der Waals surface area contributed by atoms with Crippen molar-refractivity contribution in [3.63, 3.8) is 0 Å². The number of fused-ring (bicyclic) bond motifs is 1. The van der Waals surface area contributed by atoms with Crippen molar-refractivity contribution in [1.82, 2.24) is 9.80 Å².